The van der Waals surface area contributed by atoms with E-state index >= 15 is 0 Å². The molecule has 2 aromatic rings. The molecule has 4 rings (SSSR count). The van der Waals surface area contributed by atoms with E-state index in [4.69, 9.17) is 4.74 Å². The second-order valence-electron chi connectivity index (χ2n) is 8.69. The molecule has 4 nitrogen and oxygen atoms in total. The minimum absolute atomic E-state index is 0.848. The predicted molar refractivity (Wildman–Crippen MR) is 119 cm³/mol. The highest BCUT2D eigenvalue weighted by atomic mass is 16.5. The van der Waals surface area contributed by atoms with Gasteiger partial charge in [-0.1, -0.05) is 43.3 Å². The van der Waals surface area contributed by atoms with E-state index in [9.17, 15) is 0 Å². The largest absolute Gasteiger partial charge is 0.495 e. The first-order valence-corrected chi connectivity index (χ1v) is 11.4. The number of methoxy groups -OCH3 is 1. The predicted octanol–water partition coefficient (Wildman–Crippen LogP) is 1.21. The molecule has 2 aliphatic heterocycles. The van der Waals surface area contributed by atoms with Gasteiger partial charge in [-0.2, -0.15) is 0 Å². The number of piperazine rings is 1. The van der Waals surface area contributed by atoms with Gasteiger partial charge >= 0.3 is 0 Å². The van der Waals surface area contributed by atoms with E-state index < -0.39 is 0 Å². The van der Waals surface area contributed by atoms with E-state index in [1.165, 1.54) is 62.4 Å². The Labute approximate surface area is 176 Å². The molecule has 0 saturated carbocycles. The second-order valence-corrected chi connectivity index (χ2v) is 8.69. The lowest BCUT2D eigenvalue weighted by Crippen LogP contribution is -3.21. The Morgan fingerprint density at radius 2 is 1.55 bits per heavy atom. The average Bonchev–Trinajstić information content (AvgIpc) is 2.80. The number of rotatable bonds is 6. The lowest BCUT2D eigenvalue weighted by atomic mass is 10.0. The van der Waals surface area contributed by atoms with Crippen LogP contribution in [0, 0.1) is 0 Å². The lowest BCUT2D eigenvalue weighted by Gasteiger charge is -2.40. The molecule has 2 saturated heterocycles. The molecule has 156 valence electrons. The molecule has 0 radical (unpaired) electrons. The SMILES string of the molecule is CCc1ccc(C[NH+]2CCC([NH+]3CCN(c4ccccc4OC)CC3)CC2)cc1. The zero-order valence-electron chi connectivity index (χ0n) is 18.1. The minimum atomic E-state index is 0.848. The van der Waals surface area contributed by atoms with Crippen LogP contribution in [0.3, 0.4) is 0 Å². The van der Waals surface area contributed by atoms with Crippen molar-refractivity contribution in [2.24, 2.45) is 0 Å². The van der Waals surface area contributed by atoms with Gasteiger partial charge in [-0.05, 0) is 24.1 Å². The molecule has 29 heavy (non-hydrogen) atoms. The van der Waals surface area contributed by atoms with Crippen LogP contribution in [-0.4, -0.2) is 52.4 Å². The van der Waals surface area contributed by atoms with Gasteiger partial charge in [0.25, 0.3) is 0 Å². The van der Waals surface area contributed by atoms with Crippen LogP contribution < -0.4 is 19.4 Å². The summed E-state index contributed by atoms with van der Waals surface area (Å²) in [5, 5.41) is 0. The minimum Gasteiger partial charge on any atom is -0.495 e. The summed E-state index contributed by atoms with van der Waals surface area (Å²) in [7, 11) is 1.77. The van der Waals surface area contributed by atoms with Crippen molar-refractivity contribution < 1.29 is 14.5 Å². The maximum atomic E-state index is 5.56. The van der Waals surface area contributed by atoms with E-state index in [0.29, 0.717) is 0 Å². The fraction of sp³-hybridized carbons (Fsp3) is 0.520. The van der Waals surface area contributed by atoms with Gasteiger partial charge in [0.2, 0.25) is 0 Å². The van der Waals surface area contributed by atoms with Crippen LogP contribution in [0.25, 0.3) is 0 Å². The van der Waals surface area contributed by atoms with Crippen molar-refractivity contribution in [3.63, 3.8) is 0 Å². The Hall–Kier alpha value is -2.04. The number of hydrogen-bond acceptors (Lipinski definition) is 2. The van der Waals surface area contributed by atoms with Gasteiger partial charge in [-0.25, -0.2) is 0 Å². The molecule has 0 unspecified atom stereocenters. The van der Waals surface area contributed by atoms with Gasteiger partial charge in [0.15, 0.2) is 0 Å². The topological polar surface area (TPSA) is 21.4 Å². The fourth-order valence-corrected chi connectivity index (χ4v) is 5.13. The summed E-state index contributed by atoms with van der Waals surface area (Å²) in [5.41, 5.74) is 4.19. The maximum Gasteiger partial charge on any atom is 0.142 e. The van der Waals surface area contributed by atoms with E-state index in [1.807, 2.05) is 4.90 Å². The first-order chi connectivity index (χ1) is 14.3. The Morgan fingerprint density at radius 1 is 0.897 bits per heavy atom. The molecule has 2 N–H and O–H groups in total. The van der Waals surface area contributed by atoms with Gasteiger partial charge in [0, 0.05) is 18.4 Å². The summed E-state index contributed by atoms with van der Waals surface area (Å²) >= 11 is 0. The zero-order chi connectivity index (χ0) is 20.1. The quantitative estimate of drug-likeness (QED) is 0.767. The molecule has 0 aromatic heterocycles. The number of anilines is 1. The molecular weight excluding hydrogens is 358 g/mol. The Bertz CT molecular complexity index is 760. The summed E-state index contributed by atoms with van der Waals surface area (Å²) in [4.78, 5) is 6.09. The van der Waals surface area contributed by atoms with Crippen molar-refractivity contribution in [3.05, 3.63) is 59.7 Å². The van der Waals surface area contributed by atoms with Crippen LogP contribution in [0.15, 0.2) is 48.5 Å². The van der Waals surface area contributed by atoms with Crippen molar-refractivity contribution >= 4 is 5.69 Å². The molecule has 4 heteroatoms. The van der Waals surface area contributed by atoms with Gasteiger partial charge in [-0.15, -0.1) is 0 Å². The number of nitrogens with zero attached hydrogens (tertiary/aromatic N) is 1. The van der Waals surface area contributed by atoms with E-state index in [-0.39, 0.29) is 0 Å². The summed E-state index contributed by atoms with van der Waals surface area (Å²) in [6.07, 6.45) is 3.87. The number of piperidine rings is 1. The Kier molecular flexibility index (Phi) is 6.73. The number of hydrogen-bond donors (Lipinski definition) is 2. The highest BCUT2D eigenvalue weighted by molar-refractivity contribution is 5.58. The molecular formula is C25H37N3O+2. The third-order valence-corrected chi connectivity index (χ3v) is 6.99. The molecule has 0 spiro atoms. The Balaban J connectivity index is 1.24. The van der Waals surface area contributed by atoms with Crippen LogP contribution in [0.4, 0.5) is 5.69 Å². The third-order valence-electron chi connectivity index (χ3n) is 6.99. The van der Waals surface area contributed by atoms with Crippen LogP contribution in [0.1, 0.15) is 30.9 Å². The molecule has 0 aliphatic carbocycles. The smallest absolute Gasteiger partial charge is 0.142 e. The summed E-state index contributed by atoms with van der Waals surface area (Å²) < 4.78 is 5.56. The zero-order valence-corrected chi connectivity index (χ0v) is 18.1. The van der Waals surface area contributed by atoms with Crippen molar-refractivity contribution in [1.82, 2.24) is 0 Å². The number of benzene rings is 2. The van der Waals surface area contributed by atoms with Crippen LogP contribution in [0.2, 0.25) is 0 Å². The molecule has 0 atom stereocenters. The molecule has 2 aromatic carbocycles. The highest BCUT2D eigenvalue weighted by Crippen LogP contribution is 2.27. The lowest BCUT2D eigenvalue weighted by molar-refractivity contribution is -0.963. The summed E-state index contributed by atoms with van der Waals surface area (Å²) in [6.45, 7) is 10.8. The molecule has 2 heterocycles. The maximum absolute atomic E-state index is 5.56. The number of nitrogens with one attached hydrogen (secondary N) is 2. The number of quaternary nitrogens is 2. The summed E-state index contributed by atoms with van der Waals surface area (Å²) in [5.74, 6) is 1.000. The number of likely N-dealkylation sites (tertiary alicyclic amines) is 1. The van der Waals surface area contributed by atoms with Crippen molar-refractivity contribution in [2.45, 2.75) is 38.8 Å². The van der Waals surface area contributed by atoms with Gasteiger partial charge in [-0.3, -0.25) is 0 Å². The van der Waals surface area contributed by atoms with Gasteiger partial charge in [0.1, 0.15) is 12.3 Å². The first-order valence-electron chi connectivity index (χ1n) is 11.4. The number of para-hydroxylation sites is 2. The van der Waals surface area contributed by atoms with E-state index in [2.05, 4.69) is 60.4 Å². The van der Waals surface area contributed by atoms with Crippen LogP contribution in [-0.2, 0) is 13.0 Å². The molecule has 2 fully saturated rings. The molecule has 0 amide bonds. The summed E-state index contributed by atoms with van der Waals surface area (Å²) in [6, 6.07) is 18.5. The first kappa shape index (κ1) is 20.2. The highest BCUT2D eigenvalue weighted by Gasteiger charge is 2.32. The normalized spacial score (nSPS) is 23.2. The average molecular weight is 396 g/mol. The van der Waals surface area contributed by atoms with E-state index in [1.54, 1.807) is 12.0 Å². The van der Waals surface area contributed by atoms with Gasteiger partial charge < -0.3 is 19.4 Å². The van der Waals surface area contributed by atoms with Crippen LogP contribution in [0.5, 0.6) is 5.75 Å². The Morgan fingerprint density at radius 3 is 2.21 bits per heavy atom. The van der Waals surface area contributed by atoms with E-state index in [0.717, 1.165) is 31.3 Å². The van der Waals surface area contributed by atoms with Crippen molar-refractivity contribution in [3.8, 4) is 5.75 Å². The standard InChI is InChI=1S/C25H35N3O/c1-3-21-8-10-22(11-9-21)20-26-14-12-23(13-15-26)27-16-18-28(19-17-27)24-6-4-5-7-25(24)29-2/h4-11,23H,3,12-20H2,1-2H3/p+2. The number of ether oxygens (including phenoxy) is 1. The monoisotopic (exact) mass is 395 g/mol. The van der Waals surface area contributed by atoms with Crippen molar-refractivity contribution in [1.29, 1.82) is 0 Å². The van der Waals surface area contributed by atoms with Crippen LogP contribution >= 0.6 is 0 Å². The van der Waals surface area contributed by atoms with Crippen molar-refractivity contribution in [2.75, 3.05) is 51.3 Å². The molecule has 2 aliphatic rings. The fourth-order valence-electron chi connectivity index (χ4n) is 5.13. The number of aryl methyl sites for hydroxylation is 1. The molecule has 0 bridgehead atoms. The second kappa shape index (κ2) is 9.64. The third kappa shape index (κ3) is 4.93. The van der Waals surface area contributed by atoms with Gasteiger partial charge in [0.05, 0.1) is 58.1 Å².